The Hall–Kier alpha value is -1.47. The Morgan fingerprint density at radius 1 is 1.27 bits per heavy atom. The minimum atomic E-state index is -0.483. The first kappa shape index (κ1) is 15.4. The standard InChI is InChI=1S/C15H23N3O4/c1-10-12(21-9-8-20-10)13(19)18-6-4-15(3,5-7-18)14-16-11(2)17-22-14/h10,12H,4-9H2,1-3H3/t10-,12-/m0/s1. The molecule has 2 saturated heterocycles. The fourth-order valence-corrected chi connectivity index (χ4v) is 3.06. The van der Waals surface area contributed by atoms with Crippen molar-refractivity contribution in [2.75, 3.05) is 26.3 Å². The molecule has 3 heterocycles. The van der Waals surface area contributed by atoms with Crippen LogP contribution in [0.15, 0.2) is 4.52 Å². The fourth-order valence-electron chi connectivity index (χ4n) is 3.06. The summed E-state index contributed by atoms with van der Waals surface area (Å²) in [6.07, 6.45) is 0.946. The number of hydrogen-bond donors (Lipinski definition) is 0. The number of rotatable bonds is 2. The summed E-state index contributed by atoms with van der Waals surface area (Å²) in [5.74, 6) is 1.34. The Morgan fingerprint density at radius 2 is 1.95 bits per heavy atom. The van der Waals surface area contributed by atoms with Crippen LogP contribution in [-0.2, 0) is 19.7 Å². The second kappa shape index (κ2) is 5.96. The van der Waals surface area contributed by atoms with Gasteiger partial charge in [-0.1, -0.05) is 12.1 Å². The lowest BCUT2D eigenvalue weighted by molar-refractivity contribution is -0.172. The van der Waals surface area contributed by atoms with E-state index in [0.29, 0.717) is 38.0 Å². The zero-order valence-electron chi connectivity index (χ0n) is 13.4. The first-order chi connectivity index (χ1) is 10.5. The highest BCUT2D eigenvalue weighted by molar-refractivity contribution is 5.81. The van der Waals surface area contributed by atoms with Crippen LogP contribution in [0.2, 0.25) is 0 Å². The quantitative estimate of drug-likeness (QED) is 0.813. The molecule has 0 spiro atoms. The van der Waals surface area contributed by atoms with E-state index in [1.165, 1.54) is 0 Å². The molecule has 1 amide bonds. The maximum atomic E-state index is 12.6. The van der Waals surface area contributed by atoms with Gasteiger partial charge in [-0.15, -0.1) is 0 Å². The van der Waals surface area contributed by atoms with Gasteiger partial charge in [-0.05, 0) is 26.7 Å². The Kier molecular flexibility index (Phi) is 4.18. The number of amides is 1. The number of aromatic nitrogens is 2. The summed E-state index contributed by atoms with van der Waals surface area (Å²) >= 11 is 0. The van der Waals surface area contributed by atoms with Gasteiger partial charge in [0.05, 0.1) is 24.7 Å². The van der Waals surface area contributed by atoms with Crippen LogP contribution in [0.4, 0.5) is 0 Å². The molecular formula is C15H23N3O4. The van der Waals surface area contributed by atoms with Crippen LogP contribution in [0.5, 0.6) is 0 Å². The Balaban J connectivity index is 1.62. The normalized spacial score (nSPS) is 28.6. The zero-order chi connectivity index (χ0) is 15.7. The highest BCUT2D eigenvalue weighted by Gasteiger charge is 2.40. The average molecular weight is 309 g/mol. The van der Waals surface area contributed by atoms with Gasteiger partial charge in [-0.25, -0.2) is 0 Å². The molecule has 122 valence electrons. The number of carbonyl (C=O) groups is 1. The van der Waals surface area contributed by atoms with Gasteiger partial charge in [0.1, 0.15) is 0 Å². The molecule has 0 unspecified atom stereocenters. The Morgan fingerprint density at radius 3 is 2.55 bits per heavy atom. The number of carbonyl (C=O) groups excluding carboxylic acids is 1. The topological polar surface area (TPSA) is 77.7 Å². The predicted molar refractivity (Wildman–Crippen MR) is 77.4 cm³/mol. The van der Waals surface area contributed by atoms with E-state index in [1.807, 2.05) is 18.7 Å². The molecule has 2 aliphatic heterocycles. The van der Waals surface area contributed by atoms with Gasteiger partial charge >= 0.3 is 0 Å². The van der Waals surface area contributed by atoms with Gasteiger partial charge in [0, 0.05) is 13.1 Å². The molecule has 0 bridgehead atoms. The van der Waals surface area contributed by atoms with E-state index in [-0.39, 0.29) is 17.4 Å². The molecular weight excluding hydrogens is 286 g/mol. The number of likely N-dealkylation sites (tertiary alicyclic amines) is 1. The summed E-state index contributed by atoms with van der Waals surface area (Å²) in [7, 11) is 0. The number of hydrogen-bond acceptors (Lipinski definition) is 6. The van der Waals surface area contributed by atoms with Crippen molar-refractivity contribution in [2.24, 2.45) is 0 Å². The third-order valence-corrected chi connectivity index (χ3v) is 4.65. The Bertz CT molecular complexity index is 537. The number of ether oxygens (including phenoxy) is 2. The van der Waals surface area contributed by atoms with Gasteiger partial charge in [0.15, 0.2) is 11.9 Å². The average Bonchev–Trinajstić information content (AvgIpc) is 2.95. The van der Waals surface area contributed by atoms with Crippen molar-refractivity contribution in [3.63, 3.8) is 0 Å². The van der Waals surface area contributed by atoms with Crippen LogP contribution < -0.4 is 0 Å². The SMILES string of the molecule is Cc1noc(C2(C)CCN(C(=O)[C@H]3OCCO[C@H]3C)CC2)n1. The first-order valence-electron chi connectivity index (χ1n) is 7.82. The zero-order valence-corrected chi connectivity index (χ0v) is 13.4. The van der Waals surface area contributed by atoms with Crippen molar-refractivity contribution in [3.8, 4) is 0 Å². The molecule has 0 aliphatic carbocycles. The molecule has 3 rings (SSSR count). The predicted octanol–water partition coefficient (Wildman–Crippen LogP) is 1.06. The summed E-state index contributed by atoms with van der Waals surface area (Å²) in [5, 5.41) is 3.87. The second-order valence-electron chi connectivity index (χ2n) is 6.40. The Labute approximate surface area is 129 Å². The molecule has 7 nitrogen and oxygen atoms in total. The molecule has 2 atom stereocenters. The van der Waals surface area contributed by atoms with Crippen molar-refractivity contribution in [3.05, 3.63) is 11.7 Å². The lowest BCUT2D eigenvalue weighted by Gasteiger charge is -2.39. The van der Waals surface area contributed by atoms with E-state index in [1.54, 1.807) is 0 Å². The van der Waals surface area contributed by atoms with Gasteiger partial charge in [-0.2, -0.15) is 4.98 Å². The molecule has 0 N–H and O–H groups in total. The van der Waals surface area contributed by atoms with Crippen molar-refractivity contribution in [1.82, 2.24) is 15.0 Å². The molecule has 22 heavy (non-hydrogen) atoms. The van der Waals surface area contributed by atoms with Gasteiger partial charge in [0.25, 0.3) is 5.91 Å². The van der Waals surface area contributed by atoms with Crippen LogP contribution >= 0.6 is 0 Å². The third-order valence-electron chi connectivity index (χ3n) is 4.65. The van der Waals surface area contributed by atoms with E-state index < -0.39 is 6.10 Å². The molecule has 7 heteroatoms. The van der Waals surface area contributed by atoms with Crippen LogP contribution in [0.3, 0.4) is 0 Å². The van der Waals surface area contributed by atoms with E-state index in [9.17, 15) is 4.79 Å². The maximum Gasteiger partial charge on any atom is 0.254 e. The van der Waals surface area contributed by atoms with Gasteiger partial charge < -0.3 is 18.9 Å². The van der Waals surface area contributed by atoms with Gasteiger partial charge in [-0.3, -0.25) is 4.79 Å². The maximum absolute atomic E-state index is 12.6. The summed E-state index contributed by atoms with van der Waals surface area (Å²) in [6, 6.07) is 0. The summed E-state index contributed by atoms with van der Waals surface area (Å²) < 4.78 is 16.4. The fraction of sp³-hybridized carbons (Fsp3) is 0.800. The van der Waals surface area contributed by atoms with Crippen LogP contribution in [0.1, 0.15) is 38.4 Å². The molecule has 1 aromatic heterocycles. The summed E-state index contributed by atoms with van der Waals surface area (Å²) in [6.45, 7) is 8.19. The van der Waals surface area contributed by atoms with Gasteiger partial charge in [0.2, 0.25) is 5.89 Å². The van der Waals surface area contributed by atoms with Crippen molar-refractivity contribution in [1.29, 1.82) is 0 Å². The minimum absolute atomic E-state index is 0.0240. The van der Waals surface area contributed by atoms with Crippen LogP contribution in [-0.4, -0.2) is 59.5 Å². The smallest absolute Gasteiger partial charge is 0.254 e. The van der Waals surface area contributed by atoms with E-state index in [0.717, 1.165) is 12.8 Å². The molecule has 0 saturated carbocycles. The molecule has 2 aliphatic rings. The number of nitrogens with zero attached hydrogens (tertiary/aromatic N) is 3. The van der Waals surface area contributed by atoms with E-state index in [4.69, 9.17) is 14.0 Å². The lowest BCUT2D eigenvalue weighted by atomic mass is 9.80. The largest absolute Gasteiger partial charge is 0.373 e. The second-order valence-corrected chi connectivity index (χ2v) is 6.40. The monoisotopic (exact) mass is 309 g/mol. The first-order valence-corrected chi connectivity index (χ1v) is 7.82. The van der Waals surface area contributed by atoms with E-state index in [2.05, 4.69) is 17.1 Å². The van der Waals surface area contributed by atoms with Crippen molar-refractivity contribution in [2.45, 2.75) is 51.2 Å². The van der Waals surface area contributed by atoms with Crippen LogP contribution in [0.25, 0.3) is 0 Å². The highest BCUT2D eigenvalue weighted by Crippen LogP contribution is 2.34. The van der Waals surface area contributed by atoms with Crippen LogP contribution in [0, 0.1) is 6.92 Å². The van der Waals surface area contributed by atoms with Crippen molar-refractivity contribution < 1.29 is 18.8 Å². The molecule has 0 radical (unpaired) electrons. The summed E-state index contributed by atoms with van der Waals surface area (Å²) in [5.41, 5.74) is -0.159. The third kappa shape index (κ3) is 2.87. The molecule has 1 aromatic rings. The number of aryl methyl sites for hydroxylation is 1. The van der Waals surface area contributed by atoms with E-state index >= 15 is 0 Å². The minimum Gasteiger partial charge on any atom is -0.373 e. The number of piperidine rings is 1. The van der Waals surface area contributed by atoms with Crippen molar-refractivity contribution >= 4 is 5.91 Å². The lowest BCUT2D eigenvalue weighted by Crippen LogP contribution is -2.52. The highest BCUT2D eigenvalue weighted by atomic mass is 16.6. The molecule has 0 aromatic carbocycles. The molecule has 2 fully saturated rings. The summed E-state index contributed by atoms with van der Waals surface area (Å²) in [4.78, 5) is 18.8.